The molecule has 1 heterocycles. The third kappa shape index (κ3) is 2.95. The first-order chi connectivity index (χ1) is 7.68. The van der Waals surface area contributed by atoms with Crippen LogP contribution in [-0.2, 0) is 4.79 Å². The molecule has 1 amide bonds. The topological polar surface area (TPSA) is 35.6 Å². The van der Waals surface area contributed by atoms with Crippen molar-refractivity contribution in [1.29, 1.82) is 0 Å². The van der Waals surface area contributed by atoms with Crippen molar-refractivity contribution in [2.45, 2.75) is 37.8 Å². The molecule has 92 valence electrons. The molecule has 0 aromatic carbocycles. The third-order valence-electron chi connectivity index (χ3n) is 3.80. The normalized spacial score (nSPS) is 22.4. The molecule has 1 saturated heterocycles. The van der Waals surface area contributed by atoms with Gasteiger partial charge in [0, 0.05) is 19.1 Å². The second-order valence-corrected chi connectivity index (χ2v) is 5.13. The van der Waals surface area contributed by atoms with Gasteiger partial charge in [-0.25, -0.2) is 0 Å². The van der Waals surface area contributed by atoms with Crippen LogP contribution in [0.4, 0.5) is 0 Å². The van der Waals surface area contributed by atoms with E-state index in [2.05, 4.69) is 17.3 Å². The zero-order valence-corrected chi connectivity index (χ0v) is 10.4. The Morgan fingerprint density at radius 2 is 1.75 bits per heavy atom. The van der Waals surface area contributed by atoms with E-state index in [9.17, 15) is 4.79 Å². The van der Waals surface area contributed by atoms with Crippen LogP contribution in [0.5, 0.6) is 0 Å². The lowest BCUT2D eigenvalue weighted by atomic mass is 10.1. The number of likely N-dealkylation sites (N-methyl/N-ethyl adjacent to an activating group) is 2. The van der Waals surface area contributed by atoms with Gasteiger partial charge in [0.05, 0.1) is 6.54 Å². The van der Waals surface area contributed by atoms with E-state index in [4.69, 9.17) is 0 Å². The number of rotatable bonds is 4. The molecule has 4 heteroatoms. The highest BCUT2D eigenvalue weighted by molar-refractivity contribution is 5.78. The van der Waals surface area contributed by atoms with Crippen molar-refractivity contribution in [3.05, 3.63) is 0 Å². The van der Waals surface area contributed by atoms with Gasteiger partial charge >= 0.3 is 0 Å². The van der Waals surface area contributed by atoms with Gasteiger partial charge in [0.15, 0.2) is 0 Å². The van der Waals surface area contributed by atoms with Crippen molar-refractivity contribution < 1.29 is 4.79 Å². The Morgan fingerprint density at radius 3 is 2.31 bits per heavy atom. The largest absolute Gasteiger partial charge is 0.342 e. The van der Waals surface area contributed by atoms with Crippen LogP contribution in [0.3, 0.4) is 0 Å². The number of carbonyl (C=O) groups is 1. The summed E-state index contributed by atoms with van der Waals surface area (Å²) in [5.74, 6) is 0.281. The molecule has 0 unspecified atom stereocenters. The summed E-state index contributed by atoms with van der Waals surface area (Å²) in [6.45, 7) is 2.75. The van der Waals surface area contributed by atoms with Crippen LogP contribution >= 0.6 is 0 Å². The van der Waals surface area contributed by atoms with Gasteiger partial charge in [-0.05, 0) is 45.8 Å². The van der Waals surface area contributed by atoms with Gasteiger partial charge in [0.1, 0.15) is 0 Å². The standard InChI is InChI=1S/C12H23N3O/c1-14(10-5-7-13-8-6-10)9-12(16)15(2)11-3-4-11/h10-11,13H,3-9H2,1-2H3. The Hall–Kier alpha value is -0.610. The van der Waals surface area contributed by atoms with E-state index in [0.717, 1.165) is 25.9 Å². The van der Waals surface area contributed by atoms with Crippen LogP contribution in [0.1, 0.15) is 25.7 Å². The number of hydrogen-bond acceptors (Lipinski definition) is 3. The second-order valence-electron chi connectivity index (χ2n) is 5.13. The second kappa shape index (κ2) is 5.15. The van der Waals surface area contributed by atoms with Gasteiger partial charge in [0.25, 0.3) is 0 Å². The van der Waals surface area contributed by atoms with E-state index in [1.54, 1.807) is 0 Å². The molecule has 2 fully saturated rings. The lowest BCUT2D eigenvalue weighted by molar-refractivity contribution is -0.131. The zero-order chi connectivity index (χ0) is 11.5. The van der Waals surface area contributed by atoms with E-state index < -0.39 is 0 Å². The molecule has 16 heavy (non-hydrogen) atoms. The monoisotopic (exact) mass is 225 g/mol. The Bertz CT molecular complexity index is 247. The zero-order valence-electron chi connectivity index (χ0n) is 10.4. The van der Waals surface area contributed by atoms with Crippen LogP contribution in [0.15, 0.2) is 0 Å². The maximum Gasteiger partial charge on any atom is 0.236 e. The maximum absolute atomic E-state index is 11.9. The predicted octanol–water partition coefficient (Wildman–Crippen LogP) is 0.291. The maximum atomic E-state index is 11.9. The summed E-state index contributed by atoms with van der Waals surface area (Å²) in [5.41, 5.74) is 0. The van der Waals surface area contributed by atoms with E-state index in [1.165, 1.54) is 12.8 Å². The van der Waals surface area contributed by atoms with Crippen LogP contribution < -0.4 is 5.32 Å². The lowest BCUT2D eigenvalue weighted by Gasteiger charge is -2.32. The van der Waals surface area contributed by atoms with Gasteiger partial charge < -0.3 is 10.2 Å². The highest BCUT2D eigenvalue weighted by atomic mass is 16.2. The number of amides is 1. The fourth-order valence-electron chi connectivity index (χ4n) is 2.37. The van der Waals surface area contributed by atoms with Crippen LogP contribution in [-0.4, -0.2) is 61.5 Å². The summed E-state index contributed by atoms with van der Waals surface area (Å²) < 4.78 is 0. The summed E-state index contributed by atoms with van der Waals surface area (Å²) >= 11 is 0. The smallest absolute Gasteiger partial charge is 0.236 e. The summed E-state index contributed by atoms with van der Waals surface area (Å²) in [6.07, 6.45) is 4.71. The predicted molar refractivity (Wildman–Crippen MR) is 64.3 cm³/mol. The molecule has 0 aromatic heterocycles. The molecule has 0 radical (unpaired) electrons. The molecule has 0 atom stereocenters. The number of piperidine rings is 1. The van der Waals surface area contributed by atoms with Gasteiger partial charge in [0.2, 0.25) is 5.91 Å². The Morgan fingerprint density at radius 1 is 1.12 bits per heavy atom. The third-order valence-corrected chi connectivity index (χ3v) is 3.80. The molecule has 1 aliphatic heterocycles. The summed E-state index contributed by atoms with van der Waals surface area (Å²) in [5, 5.41) is 3.35. The van der Waals surface area contributed by atoms with Crippen LogP contribution in [0, 0.1) is 0 Å². The molecule has 2 aliphatic rings. The summed E-state index contributed by atoms with van der Waals surface area (Å²) in [6, 6.07) is 1.12. The van der Waals surface area contributed by atoms with E-state index in [1.807, 2.05) is 11.9 Å². The summed E-state index contributed by atoms with van der Waals surface area (Å²) in [4.78, 5) is 16.1. The molecular weight excluding hydrogens is 202 g/mol. The number of hydrogen-bond donors (Lipinski definition) is 1. The van der Waals surface area contributed by atoms with Crippen molar-refractivity contribution in [3.63, 3.8) is 0 Å². The molecule has 4 nitrogen and oxygen atoms in total. The Balaban J connectivity index is 1.76. The minimum absolute atomic E-state index is 0.281. The highest BCUT2D eigenvalue weighted by Crippen LogP contribution is 2.25. The first kappa shape index (κ1) is 11.9. The van der Waals surface area contributed by atoms with Gasteiger partial charge in [-0.2, -0.15) is 0 Å². The van der Waals surface area contributed by atoms with Crippen molar-refractivity contribution in [2.24, 2.45) is 0 Å². The minimum atomic E-state index is 0.281. The van der Waals surface area contributed by atoms with Gasteiger partial charge in [-0.3, -0.25) is 9.69 Å². The fraction of sp³-hybridized carbons (Fsp3) is 0.917. The molecule has 1 aliphatic carbocycles. The summed E-state index contributed by atoms with van der Waals surface area (Å²) in [7, 11) is 4.02. The van der Waals surface area contributed by atoms with Gasteiger partial charge in [-0.15, -0.1) is 0 Å². The SMILES string of the molecule is CN(CC(=O)N(C)C1CC1)C1CCNCC1. The molecule has 2 rings (SSSR count). The average Bonchev–Trinajstić information content (AvgIpc) is 3.13. The van der Waals surface area contributed by atoms with Crippen LogP contribution in [0.25, 0.3) is 0 Å². The van der Waals surface area contributed by atoms with Crippen molar-refractivity contribution >= 4 is 5.91 Å². The first-order valence-electron chi connectivity index (χ1n) is 6.35. The van der Waals surface area contributed by atoms with E-state index >= 15 is 0 Å². The Kier molecular flexibility index (Phi) is 3.82. The van der Waals surface area contributed by atoms with Gasteiger partial charge in [-0.1, -0.05) is 0 Å². The van der Waals surface area contributed by atoms with Crippen molar-refractivity contribution in [3.8, 4) is 0 Å². The molecular formula is C12H23N3O. The quantitative estimate of drug-likeness (QED) is 0.747. The van der Waals surface area contributed by atoms with E-state index in [-0.39, 0.29) is 5.91 Å². The lowest BCUT2D eigenvalue weighted by Crippen LogP contribution is -2.46. The van der Waals surface area contributed by atoms with Crippen LogP contribution in [0.2, 0.25) is 0 Å². The van der Waals surface area contributed by atoms with E-state index in [0.29, 0.717) is 18.6 Å². The fourth-order valence-corrected chi connectivity index (χ4v) is 2.37. The Labute approximate surface area is 98.0 Å². The average molecular weight is 225 g/mol. The molecule has 0 aromatic rings. The molecule has 0 bridgehead atoms. The molecule has 0 spiro atoms. The molecule has 1 N–H and O–H groups in total. The molecule has 1 saturated carbocycles. The number of carbonyl (C=O) groups excluding carboxylic acids is 1. The first-order valence-corrected chi connectivity index (χ1v) is 6.35. The van der Waals surface area contributed by atoms with Crippen molar-refractivity contribution in [1.82, 2.24) is 15.1 Å². The highest BCUT2D eigenvalue weighted by Gasteiger charge is 2.30. The minimum Gasteiger partial charge on any atom is -0.342 e. The number of nitrogens with one attached hydrogen (secondary N) is 1. The number of nitrogens with zero attached hydrogens (tertiary/aromatic N) is 2. The van der Waals surface area contributed by atoms with Crippen molar-refractivity contribution in [2.75, 3.05) is 33.7 Å².